The van der Waals surface area contributed by atoms with Gasteiger partial charge in [0.2, 0.25) is 11.8 Å². The van der Waals surface area contributed by atoms with E-state index in [2.05, 4.69) is 31.2 Å². The average Bonchev–Trinajstić information content (AvgIpc) is 2.77. The Labute approximate surface area is 190 Å². The first-order valence-electron chi connectivity index (χ1n) is 12.9. The van der Waals surface area contributed by atoms with Crippen LogP contribution in [0.5, 0.6) is 0 Å². The van der Waals surface area contributed by atoms with Crippen LogP contribution < -0.4 is 0 Å². The van der Waals surface area contributed by atoms with E-state index in [9.17, 15) is 9.59 Å². The highest BCUT2D eigenvalue weighted by Crippen LogP contribution is 2.36. The van der Waals surface area contributed by atoms with Crippen molar-refractivity contribution in [3.8, 4) is 0 Å². The van der Waals surface area contributed by atoms with Crippen LogP contribution in [0.15, 0.2) is 24.3 Å². The molecule has 0 aliphatic heterocycles. The van der Waals surface area contributed by atoms with Crippen molar-refractivity contribution in [1.82, 2.24) is 4.90 Å². The first-order chi connectivity index (χ1) is 15.0. The number of aryl methyl sites for hydroxylation is 1. The summed E-state index contributed by atoms with van der Waals surface area (Å²) in [6.45, 7) is 5.31. The van der Waals surface area contributed by atoms with Crippen molar-refractivity contribution in [3.05, 3.63) is 35.4 Å². The molecule has 0 N–H and O–H groups in total. The Morgan fingerprint density at radius 2 is 1.35 bits per heavy atom. The number of nitrogens with zero attached hydrogens (tertiary/aromatic N) is 1. The van der Waals surface area contributed by atoms with Gasteiger partial charge in [0.15, 0.2) is 0 Å². The molecule has 0 radical (unpaired) electrons. The summed E-state index contributed by atoms with van der Waals surface area (Å²) in [6, 6.07) is 9.42. The number of hydrogen-bond acceptors (Lipinski definition) is 2. The first kappa shape index (κ1) is 24.0. The zero-order valence-corrected chi connectivity index (χ0v) is 20.1. The maximum absolute atomic E-state index is 11.8. The summed E-state index contributed by atoms with van der Waals surface area (Å²) in [4.78, 5) is 25.1. The third kappa shape index (κ3) is 6.92. The predicted octanol–water partition coefficient (Wildman–Crippen LogP) is 7.04. The van der Waals surface area contributed by atoms with Gasteiger partial charge in [-0.25, -0.2) is 0 Å². The fraction of sp³-hybridized carbons (Fsp3) is 0.714. The molecular weight excluding hydrogens is 382 g/mol. The maximum Gasteiger partial charge on any atom is 0.226 e. The molecule has 3 heteroatoms. The van der Waals surface area contributed by atoms with Gasteiger partial charge < -0.3 is 0 Å². The lowest BCUT2D eigenvalue weighted by Gasteiger charge is -2.35. The second kappa shape index (κ2) is 11.8. The topological polar surface area (TPSA) is 37.4 Å². The molecule has 2 aliphatic rings. The van der Waals surface area contributed by atoms with Crippen molar-refractivity contribution >= 4 is 11.8 Å². The largest absolute Gasteiger partial charge is 0.280 e. The van der Waals surface area contributed by atoms with Crippen LogP contribution >= 0.6 is 0 Å². The zero-order valence-electron chi connectivity index (χ0n) is 20.1. The fourth-order valence-corrected chi connectivity index (χ4v) is 6.03. The van der Waals surface area contributed by atoms with Gasteiger partial charge in [0.25, 0.3) is 0 Å². The molecule has 2 saturated carbocycles. The third-order valence-electron chi connectivity index (χ3n) is 7.96. The standard InChI is InChI=1S/C28H43NO2/c1-4-5-6-23-7-9-24(10-8-23)11-12-25-13-15-26(16-14-25)27-17-19-28(20-18-27)29(21(2)30)22(3)31/h13-16,23-24,27-28H,4-12,17-20H2,1-3H3. The Bertz CT molecular complexity index is 680. The van der Waals surface area contributed by atoms with E-state index in [1.165, 1.54) is 87.7 Å². The number of carbonyl (C=O) groups is 2. The molecule has 2 aliphatic carbocycles. The summed E-state index contributed by atoms with van der Waals surface area (Å²) in [6.07, 6.45) is 16.5. The van der Waals surface area contributed by atoms with E-state index < -0.39 is 0 Å². The molecule has 0 heterocycles. The monoisotopic (exact) mass is 425 g/mol. The lowest BCUT2D eigenvalue weighted by molar-refractivity contribution is -0.145. The Morgan fingerprint density at radius 3 is 1.87 bits per heavy atom. The number of rotatable bonds is 8. The van der Waals surface area contributed by atoms with Crippen molar-refractivity contribution < 1.29 is 9.59 Å². The van der Waals surface area contributed by atoms with Gasteiger partial charge in [-0.15, -0.1) is 0 Å². The Hall–Kier alpha value is -1.64. The molecule has 31 heavy (non-hydrogen) atoms. The van der Waals surface area contributed by atoms with Crippen molar-refractivity contribution in [2.75, 3.05) is 0 Å². The van der Waals surface area contributed by atoms with Crippen LogP contribution in [0.1, 0.15) is 115 Å². The number of unbranched alkanes of at least 4 members (excludes halogenated alkanes) is 1. The van der Waals surface area contributed by atoms with Gasteiger partial charge in [-0.1, -0.05) is 76.1 Å². The second-order valence-corrected chi connectivity index (χ2v) is 10.2. The number of imide groups is 1. The first-order valence-corrected chi connectivity index (χ1v) is 12.9. The summed E-state index contributed by atoms with van der Waals surface area (Å²) < 4.78 is 0. The number of carbonyl (C=O) groups excluding carboxylic acids is 2. The molecule has 0 unspecified atom stereocenters. The number of hydrogen-bond donors (Lipinski definition) is 0. The maximum atomic E-state index is 11.8. The predicted molar refractivity (Wildman–Crippen MR) is 128 cm³/mol. The van der Waals surface area contributed by atoms with Crippen LogP contribution in [0.25, 0.3) is 0 Å². The van der Waals surface area contributed by atoms with Gasteiger partial charge in [-0.3, -0.25) is 14.5 Å². The minimum atomic E-state index is -0.116. The van der Waals surface area contributed by atoms with E-state index in [4.69, 9.17) is 0 Å². The van der Waals surface area contributed by atoms with Crippen LogP contribution in [-0.2, 0) is 16.0 Å². The zero-order chi connectivity index (χ0) is 22.2. The number of benzene rings is 1. The molecule has 0 spiro atoms. The van der Waals surface area contributed by atoms with E-state index in [0.717, 1.165) is 37.5 Å². The normalized spacial score (nSPS) is 26.4. The Kier molecular flexibility index (Phi) is 9.16. The van der Waals surface area contributed by atoms with Gasteiger partial charge in [0.1, 0.15) is 0 Å². The lowest BCUT2D eigenvalue weighted by atomic mass is 9.77. The minimum Gasteiger partial charge on any atom is -0.280 e. The van der Waals surface area contributed by atoms with Crippen LogP contribution in [0.2, 0.25) is 0 Å². The molecule has 0 atom stereocenters. The second-order valence-electron chi connectivity index (χ2n) is 10.2. The van der Waals surface area contributed by atoms with E-state index in [1.54, 1.807) is 0 Å². The summed E-state index contributed by atoms with van der Waals surface area (Å²) in [5, 5.41) is 0. The summed E-state index contributed by atoms with van der Waals surface area (Å²) >= 11 is 0. The van der Waals surface area contributed by atoms with Gasteiger partial charge in [-0.2, -0.15) is 0 Å². The van der Waals surface area contributed by atoms with Gasteiger partial charge in [-0.05, 0) is 67.4 Å². The van der Waals surface area contributed by atoms with Crippen molar-refractivity contribution in [2.24, 2.45) is 11.8 Å². The summed E-state index contributed by atoms with van der Waals surface area (Å²) in [7, 11) is 0. The van der Waals surface area contributed by atoms with Crippen molar-refractivity contribution in [3.63, 3.8) is 0 Å². The van der Waals surface area contributed by atoms with E-state index in [1.807, 2.05) is 0 Å². The Balaban J connectivity index is 1.42. The van der Waals surface area contributed by atoms with Crippen molar-refractivity contribution in [2.45, 2.75) is 116 Å². The highest BCUT2D eigenvalue weighted by atomic mass is 16.2. The van der Waals surface area contributed by atoms with E-state index in [0.29, 0.717) is 5.92 Å². The average molecular weight is 426 g/mol. The lowest BCUT2D eigenvalue weighted by Crippen LogP contribution is -2.43. The Morgan fingerprint density at radius 1 is 0.806 bits per heavy atom. The molecule has 3 nitrogen and oxygen atoms in total. The molecule has 0 aromatic heterocycles. The highest BCUT2D eigenvalue weighted by Gasteiger charge is 2.30. The molecule has 0 bridgehead atoms. The smallest absolute Gasteiger partial charge is 0.226 e. The third-order valence-corrected chi connectivity index (χ3v) is 7.96. The minimum absolute atomic E-state index is 0.0857. The molecule has 2 fully saturated rings. The van der Waals surface area contributed by atoms with Crippen LogP contribution in [0.4, 0.5) is 0 Å². The molecule has 3 rings (SSSR count). The summed E-state index contributed by atoms with van der Waals surface area (Å²) in [5.74, 6) is 2.26. The van der Waals surface area contributed by atoms with E-state index in [-0.39, 0.29) is 17.9 Å². The van der Waals surface area contributed by atoms with Crippen LogP contribution in [0.3, 0.4) is 0 Å². The molecule has 1 aromatic carbocycles. The quantitative estimate of drug-likeness (QED) is 0.448. The van der Waals surface area contributed by atoms with Crippen molar-refractivity contribution in [1.29, 1.82) is 0 Å². The summed E-state index contributed by atoms with van der Waals surface area (Å²) in [5.41, 5.74) is 2.90. The van der Waals surface area contributed by atoms with E-state index >= 15 is 0 Å². The molecule has 1 aromatic rings. The molecule has 172 valence electrons. The fourth-order valence-electron chi connectivity index (χ4n) is 6.03. The van der Waals surface area contributed by atoms with Crippen LogP contribution in [0, 0.1) is 11.8 Å². The number of amides is 2. The molecule has 2 amide bonds. The molecule has 0 saturated heterocycles. The van der Waals surface area contributed by atoms with Gasteiger partial charge in [0.05, 0.1) is 0 Å². The van der Waals surface area contributed by atoms with Crippen LogP contribution in [-0.4, -0.2) is 22.8 Å². The highest BCUT2D eigenvalue weighted by molar-refractivity contribution is 5.93. The van der Waals surface area contributed by atoms with Gasteiger partial charge >= 0.3 is 0 Å². The van der Waals surface area contributed by atoms with Gasteiger partial charge in [0, 0.05) is 19.9 Å². The molecular formula is C28H43NO2. The SMILES string of the molecule is CCCCC1CCC(CCc2ccc(C3CCC(N(C(C)=O)C(C)=O)CC3)cc2)CC1.